The van der Waals surface area contributed by atoms with Crippen LogP contribution in [0.1, 0.15) is 56.6 Å². The molecule has 2 amide bonds. The molecule has 1 aliphatic rings. The van der Waals surface area contributed by atoms with E-state index in [-0.39, 0.29) is 23.4 Å². The lowest BCUT2D eigenvalue weighted by Gasteiger charge is -2.34. The zero-order chi connectivity index (χ0) is 31.0. The summed E-state index contributed by atoms with van der Waals surface area (Å²) >= 11 is 0. The Hall–Kier alpha value is -3.92. The van der Waals surface area contributed by atoms with E-state index in [0.717, 1.165) is 42.0 Å². The molecule has 1 aliphatic carbocycles. The third kappa shape index (κ3) is 8.13. The van der Waals surface area contributed by atoms with Gasteiger partial charge < -0.3 is 15.0 Å². The van der Waals surface area contributed by atoms with Crippen molar-refractivity contribution in [1.82, 2.24) is 10.2 Å². The summed E-state index contributed by atoms with van der Waals surface area (Å²) in [6.45, 7) is 3.19. The zero-order valence-corrected chi connectivity index (χ0v) is 25.8. The summed E-state index contributed by atoms with van der Waals surface area (Å²) in [4.78, 5) is 29.2. The highest BCUT2D eigenvalue weighted by Crippen LogP contribution is 2.27. The van der Waals surface area contributed by atoms with Crippen LogP contribution in [0, 0.1) is 12.7 Å². The Balaban J connectivity index is 1.69. The molecule has 4 rings (SSSR count). The number of aryl methyl sites for hydroxylation is 1. The van der Waals surface area contributed by atoms with Gasteiger partial charge in [0.25, 0.3) is 10.0 Å². The van der Waals surface area contributed by atoms with Gasteiger partial charge in [0, 0.05) is 12.6 Å². The van der Waals surface area contributed by atoms with E-state index in [4.69, 9.17) is 4.74 Å². The Morgan fingerprint density at radius 2 is 1.58 bits per heavy atom. The second-order valence-electron chi connectivity index (χ2n) is 10.9. The maximum absolute atomic E-state index is 14.2. The number of benzene rings is 3. The van der Waals surface area contributed by atoms with Crippen LogP contribution in [0.3, 0.4) is 0 Å². The maximum atomic E-state index is 14.2. The predicted molar refractivity (Wildman–Crippen MR) is 165 cm³/mol. The van der Waals surface area contributed by atoms with E-state index in [1.54, 1.807) is 48.5 Å². The van der Waals surface area contributed by atoms with Crippen molar-refractivity contribution in [3.8, 4) is 5.75 Å². The molecule has 0 bridgehead atoms. The van der Waals surface area contributed by atoms with Gasteiger partial charge in [0.2, 0.25) is 11.8 Å². The second kappa shape index (κ2) is 14.5. The molecular weight excluding hydrogens is 569 g/mol. The van der Waals surface area contributed by atoms with Gasteiger partial charge in [-0.15, -0.1) is 0 Å². The monoisotopic (exact) mass is 609 g/mol. The van der Waals surface area contributed by atoms with Crippen molar-refractivity contribution in [3.05, 3.63) is 89.7 Å². The summed E-state index contributed by atoms with van der Waals surface area (Å²) in [5.74, 6) is -0.741. The van der Waals surface area contributed by atoms with Crippen molar-refractivity contribution in [3.63, 3.8) is 0 Å². The molecule has 0 saturated heterocycles. The Bertz CT molecular complexity index is 1470. The van der Waals surface area contributed by atoms with Crippen molar-refractivity contribution in [2.24, 2.45) is 0 Å². The average Bonchev–Trinajstić information content (AvgIpc) is 3.01. The summed E-state index contributed by atoms with van der Waals surface area (Å²) < 4.78 is 48.0. The summed E-state index contributed by atoms with van der Waals surface area (Å²) in [5, 5.41) is 3.12. The van der Waals surface area contributed by atoms with E-state index in [1.807, 2.05) is 13.8 Å². The molecule has 10 heteroatoms. The summed E-state index contributed by atoms with van der Waals surface area (Å²) in [7, 11) is -2.70. The molecule has 0 heterocycles. The number of carbonyl (C=O) groups is 2. The smallest absolute Gasteiger partial charge is 0.264 e. The highest BCUT2D eigenvalue weighted by Gasteiger charge is 2.34. The Labute approximate surface area is 253 Å². The molecule has 230 valence electrons. The minimum absolute atomic E-state index is 0.00570. The lowest BCUT2D eigenvalue weighted by Crippen LogP contribution is -2.54. The van der Waals surface area contributed by atoms with Crippen LogP contribution in [-0.2, 0) is 26.2 Å². The minimum atomic E-state index is -4.19. The molecule has 8 nitrogen and oxygen atoms in total. The van der Waals surface area contributed by atoms with E-state index < -0.39 is 34.3 Å². The number of nitrogens with one attached hydrogen (secondary N) is 1. The largest absolute Gasteiger partial charge is 0.497 e. The van der Waals surface area contributed by atoms with Gasteiger partial charge in [-0.2, -0.15) is 0 Å². The molecule has 0 radical (unpaired) electrons. The second-order valence-corrected chi connectivity index (χ2v) is 12.8. The summed E-state index contributed by atoms with van der Waals surface area (Å²) in [5.41, 5.74) is 1.87. The van der Waals surface area contributed by atoms with Crippen molar-refractivity contribution < 1.29 is 27.1 Å². The standard InChI is InChI=1S/C33H40FN3O5S/c1-4-31(33(39)35-27-8-6-5-7-9-27)36(22-25-12-14-26(34)15-13-25)32(38)23-37(28-16-10-24(2)11-17-28)43(40,41)30-20-18-29(42-3)19-21-30/h10-21,27,31H,4-9,22-23H2,1-3H3,(H,35,39). The average molecular weight is 610 g/mol. The number of carbonyl (C=O) groups excluding carboxylic acids is 2. The van der Waals surface area contributed by atoms with Crippen LogP contribution < -0.4 is 14.4 Å². The van der Waals surface area contributed by atoms with Crippen molar-refractivity contribution >= 4 is 27.5 Å². The molecule has 1 fully saturated rings. The van der Waals surface area contributed by atoms with Crippen molar-refractivity contribution in [2.75, 3.05) is 18.0 Å². The molecule has 1 atom stereocenters. The molecule has 43 heavy (non-hydrogen) atoms. The lowest BCUT2D eigenvalue weighted by atomic mass is 9.95. The van der Waals surface area contributed by atoms with Gasteiger partial charge in [0.1, 0.15) is 24.2 Å². The number of amides is 2. The van der Waals surface area contributed by atoms with Crippen LogP contribution in [0.4, 0.5) is 10.1 Å². The number of hydrogen-bond acceptors (Lipinski definition) is 5. The highest BCUT2D eigenvalue weighted by molar-refractivity contribution is 7.92. The summed E-state index contributed by atoms with van der Waals surface area (Å²) in [6, 6.07) is 17.7. The number of ether oxygens (including phenoxy) is 1. The fraction of sp³-hybridized carbons (Fsp3) is 0.394. The molecule has 0 spiro atoms. The molecule has 0 aromatic heterocycles. The van der Waals surface area contributed by atoms with Crippen LogP contribution in [-0.4, -0.2) is 50.9 Å². The summed E-state index contributed by atoms with van der Waals surface area (Å²) in [6.07, 6.45) is 5.30. The van der Waals surface area contributed by atoms with Crippen LogP contribution in [0.5, 0.6) is 5.75 Å². The van der Waals surface area contributed by atoms with Crippen LogP contribution >= 0.6 is 0 Å². The fourth-order valence-corrected chi connectivity index (χ4v) is 6.78. The number of sulfonamides is 1. The Morgan fingerprint density at radius 1 is 0.953 bits per heavy atom. The van der Waals surface area contributed by atoms with E-state index in [9.17, 15) is 22.4 Å². The molecule has 3 aromatic rings. The minimum Gasteiger partial charge on any atom is -0.497 e. The first-order valence-electron chi connectivity index (χ1n) is 14.7. The third-order valence-corrected chi connectivity index (χ3v) is 9.64. The number of methoxy groups -OCH3 is 1. The number of halogens is 1. The number of rotatable bonds is 12. The first-order chi connectivity index (χ1) is 20.6. The van der Waals surface area contributed by atoms with Gasteiger partial charge in [0.15, 0.2) is 0 Å². The molecular formula is C33H40FN3O5S. The van der Waals surface area contributed by atoms with Crippen LogP contribution in [0.2, 0.25) is 0 Å². The first kappa shape index (κ1) is 32.0. The van der Waals surface area contributed by atoms with E-state index in [1.165, 1.54) is 36.3 Å². The van der Waals surface area contributed by atoms with Gasteiger partial charge in [-0.25, -0.2) is 12.8 Å². The third-order valence-electron chi connectivity index (χ3n) is 7.85. The number of hydrogen-bond donors (Lipinski definition) is 1. The van der Waals surface area contributed by atoms with Gasteiger partial charge in [0.05, 0.1) is 17.7 Å². The molecule has 3 aromatic carbocycles. The van der Waals surface area contributed by atoms with E-state index >= 15 is 0 Å². The molecule has 0 aliphatic heterocycles. The normalized spacial score (nSPS) is 14.5. The first-order valence-corrected chi connectivity index (χ1v) is 16.1. The Kier molecular flexibility index (Phi) is 10.8. The van der Waals surface area contributed by atoms with Crippen molar-refractivity contribution in [1.29, 1.82) is 0 Å². The highest BCUT2D eigenvalue weighted by atomic mass is 32.2. The molecule has 1 N–H and O–H groups in total. The predicted octanol–water partition coefficient (Wildman–Crippen LogP) is 5.59. The lowest BCUT2D eigenvalue weighted by molar-refractivity contribution is -0.140. The molecule has 1 saturated carbocycles. The van der Waals surface area contributed by atoms with Crippen LogP contribution in [0.15, 0.2) is 77.7 Å². The fourth-order valence-electron chi connectivity index (χ4n) is 5.36. The van der Waals surface area contributed by atoms with E-state index in [2.05, 4.69) is 5.32 Å². The van der Waals surface area contributed by atoms with Crippen molar-refractivity contribution in [2.45, 2.75) is 75.9 Å². The number of anilines is 1. The Morgan fingerprint density at radius 3 is 2.16 bits per heavy atom. The topological polar surface area (TPSA) is 96.0 Å². The quantitative estimate of drug-likeness (QED) is 0.289. The zero-order valence-electron chi connectivity index (χ0n) is 25.0. The van der Waals surface area contributed by atoms with E-state index in [0.29, 0.717) is 23.4 Å². The van der Waals surface area contributed by atoms with Crippen LogP contribution in [0.25, 0.3) is 0 Å². The molecule has 1 unspecified atom stereocenters. The SMILES string of the molecule is CCC(C(=O)NC1CCCCC1)N(Cc1ccc(F)cc1)C(=O)CN(c1ccc(C)cc1)S(=O)(=O)c1ccc(OC)cc1. The maximum Gasteiger partial charge on any atom is 0.264 e. The number of nitrogens with zero attached hydrogens (tertiary/aromatic N) is 2. The van der Waals surface area contributed by atoms with Gasteiger partial charge >= 0.3 is 0 Å². The van der Waals surface area contributed by atoms with Gasteiger partial charge in [-0.05, 0) is 80.3 Å². The van der Waals surface area contributed by atoms with Gasteiger partial charge in [-0.1, -0.05) is 56.0 Å². The van der Waals surface area contributed by atoms with Gasteiger partial charge in [-0.3, -0.25) is 13.9 Å².